The van der Waals surface area contributed by atoms with Gasteiger partial charge in [0.25, 0.3) is 11.4 Å². The molecule has 0 bridgehead atoms. The number of hydrogen-bond acceptors (Lipinski definition) is 14. The summed E-state index contributed by atoms with van der Waals surface area (Å²) in [6.07, 6.45) is 0. The summed E-state index contributed by atoms with van der Waals surface area (Å²) in [5.41, 5.74) is 15.7. The second-order valence-corrected chi connectivity index (χ2v) is 10.6. The molecule has 0 aliphatic heterocycles. The Labute approximate surface area is 317 Å². The summed E-state index contributed by atoms with van der Waals surface area (Å²) in [6.45, 7) is 12.1. The maximum Gasteiger partial charge on any atom is 0.272 e. The highest BCUT2D eigenvalue weighted by atomic mass is 35.5. The van der Waals surface area contributed by atoms with Crippen LogP contribution in [0.25, 0.3) is 0 Å². The van der Waals surface area contributed by atoms with Gasteiger partial charge in [-0.15, -0.1) is 24.8 Å². The highest BCUT2D eigenvalue weighted by Crippen LogP contribution is 2.21. The van der Waals surface area contributed by atoms with Gasteiger partial charge < -0.3 is 53.4 Å². The first-order valence-corrected chi connectivity index (χ1v) is 16.1. The lowest BCUT2D eigenvalue weighted by Gasteiger charge is -2.08. The molecule has 16 nitrogen and oxygen atoms in total. The number of hydrogen-bond donors (Lipinski definition) is 10. The van der Waals surface area contributed by atoms with Gasteiger partial charge in [-0.2, -0.15) is 0 Å². The van der Waals surface area contributed by atoms with Crippen LogP contribution in [0.3, 0.4) is 0 Å². The van der Waals surface area contributed by atoms with Crippen molar-refractivity contribution >= 4 is 53.3 Å². The van der Waals surface area contributed by atoms with Crippen LogP contribution in [-0.4, -0.2) is 104 Å². The topological polar surface area (TPSA) is 259 Å². The van der Waals surface area contributed by atoms with Gasteiger partial charge in [-0.25, -0.2) is 4.39 Å². The minimum atomic E-state index is -0.533. The molecule has 0 saturated heterocycles. The fraction of sp³-hybridized carbons (Fsp3) is 0.455. The van der Waals surface area contributed by atoms with Gasteiger partial charge in [-0.05, 0) is 68.8 Å². The van der Waals surface area contributed by atoms with E-state index in [1.807, 2.05) is 25.1 Å². The highest BCUT2D eigenvalue weighted by Gasteiger charge is 2.10. The lowest BCUT2D eigenvalue weighted by Crippen LogP contribution is -2.24. The number of nitrogens with two attached hydrogens (primary N) is 2. The highest BCUT2D eigenvalue weighted by molar-refractivity contribution is 5.85. The molecule has 52 heavy (non-hydrogen) atoms. The van der Waals surface area contributed by atoms with Gasteiger partial charge in [-0.3, -0.25) is 20.2 Å². The third-order valence-electron chi connectivity index (χ3n) is 6.47. The molecule has 0 aromatic heterocycles. The molecule has 19 heteroatoms. The number of nitrogens with zero attached hydrogens (tertiary/aromatic N) is 2. The van der Waals surface area contributed by atoms with Crippen LogP contribution in [0.1, 0.15) is 16.7 Å². The second kappa shape index (κ2) is 33.0. The van der Waals surface area contributed by atoms with Crippen molar-refractivity contribution in [1.82, 2.24) is 16.0 Å². The number of nitro groups is 2. The fourth-order valence-corrected chi connectivity index (χ4v) is 3.88. The molecule has 296 valence electrons. The standard InChI is InChI=1S/C11H17N3O3.C11H19N3O.C7H6FNO2.C4H12N2O.2ClH/c1-9-8-10(2-3-11(9)14(16)17)13-5-4-12-6-7-15;1-9-8-10(2-3-11(9)12)14-5-4-13-6-7-15;1-5-4-6(8)2-3-7(5)9(10)11;5-1-2-6-3-4-7;;/h2-3,8,12-13,15H,4-7H2,1H3;2-3,8,13-15H,4-7,12H2,1H3;2-4H,1H3;6-7H,1-5H2;2*1H. The number of halogens is 3. The van der Waals surface area contributed by atoms with E-state index in [4.69, 9.17) is 26.8 Å². The van der Waals surface area contributed by atoms with Crippen molar-refractivity contribution < 1.29 is 29.6 Å². The number of rotatable bonds is 18. The Hall–Kier alpha value is -3.91. The molecule has 0 unspecified atom stereocenters. The van der Waals surface area contributed by atoms with E-state index in [2.05, 4.69) is 26.6 Å². The summed E-state index contributed by atoms with van der Waals surface area (Å²) in [5, 5.41) is 61.6. The van der Waals surface area contributed by atoms with Crippen LogP contribution in [0, 0.1) is 46.8 Å². The average molecular weight is 781 g/mol. The number of nitro benzene ring substituents is 2. The first kappa shape index (κ1) is 52.5. The van der Waals surface area contributed by atoms with Crippen molar-refractivity contribution in [2.75, 3.05) is 95.1 Å². The molecule has 0 spiro atoms. The predicted octanol–water partition coefficient (Wildman–Crippen LogP) is 2.88. The fourth-order valence-electron chi connectivity index (χ4n) is 3.88. The van der Waals surface area contributed by atoms with Gasteiger partial charge >= 0.3 is 0 Å². The Morgan fingerprint density at radius 2 is 1.02 bits per heavy atom. The normalized spacial score (nSPS) is 9.62. The monoisotopic (exact) mass is 779 g/mol. The number of benzene rings is 3. The van der Waals surface area contributed by atoms with Crippen LogP contribution >= 0.6 is 24.8 Å². The average Bonchev–Trinajstić information content (AvgIpc) is 3.07. The summed E-state index contributed by atoms with van der Waals surface area (Å²) in [7, 11) is 0. The molecule has 3 rings (SSSR count). The summed E-state index contributed by atoms with van der Waals surface area (Å²) < 4.78 is 12.4. The third-order valence-corrected chi connectivity index (χ3v) is 6.47. The van der Waals surface area contributed by atoms with Crippen molar-refractivity contribution in [1.29, 1.82) is 0 Å². The third kappa shape index (κ3) is 25.1. The van der Waals surface area contributed by atoms with Crippen LogP contribution in [0.15, 0.2) is 54.6 Å². The predicted molar refractivity (Wildman–Crippen MR) is 212 cm³/mol. The molecule has 0 aliphatic rings. The number of aliphatic hydroxyl groups is 3. The second-order valence-electron chi connectivity index (χ2n) is 10.6. The largest absolute Gasteiger partial charge is 0.399 e. The van der Waals surface area contributed by atoms with Gasteiger partial charge in [0.05, 0.1) is 29.7 Å². The summed E-state index contributed by atoms with van der Waals surface area (Å²) in [4.78, 5) is 19.9. The van der Waals surface area contributed by atoms with Crippen LogP contribution in [0.5, 0.6) is 0 Å². The Morgan fingerprint density at radius 3 is 1.40 bits per heavy atom. The molecule has 0 atom stereocenters. The molecule has 0 aliphatic carbocycles. The Balaban J connectivity index is -0.000000633. The molecular formula is C33H56Cl2FN9O7. The first-order valence-electron chi connectivity index (χ1n) is 16.1. The zero-order valence-corrected chi connectivity index (χ0v) is 31.5. The molecule has 12 N–H and O–H groups in total. The Morgan fingerprint density at radius 1 is 0.615 bits per heavy atom. The van der Waals surface area contributed by atoms with Crippen LogP contribution in [-0.2, 0) is 0 Å². The maximum atomic E-state index is 12.4. The minimum Gasteiger partial charge on any atom is -0.399 e. The number of aliphatic hydroxyl groups excluding tert-OH is 3. The molecular weight excluding hydrogens is 724 g/mol. The Bertz CT molecular complexity index is 1400. The molecule has 0 radical (unpaired) electrons. The molecule has 0 saturated carbocycles. The van der Waals surface area contributed by atoms with E-state index < -0.39 is 10.7 Å². The minimum absolute atomic E-state index is 0. The van der Waals surface area contributed by atoms with Gasteiger partial charge in [0.1, 0.15) is 5.82 Å². The molecule has 3 aromatic carbocycles. The van der Waals surface area contributed by atoms with Crippen molar-refractivity contribution in [3.8, 4) is 0 Å². The van der Waals surface area contributed by atoms with Crippen LogP contribution < -0.4 is 38.1 Å². The number of nitrogen functional groups attached to an aromatic ring is 1. The number of nitrogens with one attached hydrogen (secondary N) is 5. The maximum absolute atomic E-state index is 12.4. The van der Waals surface area contributed by atoms with E-state index >= 15 is 0 Å². The van der Waals surface area contributed by atoms with Crippen molar-refractivity contribution in [3.63, 3.8) is 0 Å². The van der Waals surface area contributed by atoms with Crippen molar-refractivity contribution in [2.24, 2.45) is 5.73 Å². The van der Waals surface area contributed by atoms with E-state index in [1.165, 1.54) is 13.0 Å². The zero-order chi connectivity index (χ0) is 37.7. The van der Waals surface area contributed by atoms with Crippen LogP contribution in [0.4, 0.5) is 32.8 Å². The van der Waals surface area contributed by atoms with Gasteiger partial charge in [0.15, 0.2) is 0 Å². The van der Waals surface area contributed by atoms with E-state index in [9.17, 15) is 24.6 Å². The SMILES string of the molecule is Cc1cc(F)ccc1[N+](=O)[O-].Cc1cc(NCCNCCO)ccc1N.Cc1cc(NCCNCCO)ccc1[N+](=O)[O-].Cl.Cl.NCCNCCO. The molecule has 3 aromatic rings. The van der Waals surface area contributed by atoms with Crippen LogP contribution in [0.2, 0.25) is 0 Å². The number of aryl methyl sites for hydroxylation is 3. The summed E-state index contributed by atoms with van der Waals surface area (Å²) in [5.74, 6) is -0.451. The number of anilines is 3. The molecule has 0 fully saturated rings. The van der Waals surface area contributed by atoms with Crippen molar-refractivity contribution in [3.05, 3.63) is 97.3 Å². The summed E-state index contributed by atoms with van der Waals surface area (Å²) >= 11 is 0. The lowest BCUT2D eigenvalue weighted by molar-refractivity contribution is -0.385. The summed E-state index contributed by atoms with van der Waals surface area (Å²) in [6, 6.07) is 14.2. The van der Waals surface area contributed by atoms with E-state index in [1.54, 1.807) is 19.1 Å². The van der Waals surface area contributed by atoms with Gasteiger partial charge in [0, 0.05) is 99.2 Å². The lowest BCUT2D eigenvalue weighted by atomic mass is 10.2. The zero-order valence-electron chi connectivity index (χ0n) is 29.9. The van der Waals surface area contributed by atoms with Crippen molar-refractivity contribution in [2.45, 2.75) is 20.8 Å². The van der Waals surface area contributed by atoms with E-state index in [-0.39, 0.29) is 60.9 Å². The van der Waals surface area contributed by atoms with E-state index in [0.717, 1.165) is 67.0 Å². The van der Waals surface area contributed by atoms with Gasteiger partial charge in [0.2, 0.25) is 0 Å². The molecule has 0 heterocycles. The smallest absolute Gasteiger partial charge is 0.272 e. The van der Waals surface area contributed by atoms with Gasteiger partial charge in [-0.1, -0.05) is 0 Å². The first-order chi connectivity index (χ1) is 23.9. The quantitative estimate of drug-likeness (QED) is 0.0386. The Kier molecular flexibility index (Phi) is 33.2. The van der Waals surface area contributed by atoms with E-state index in [0.29, 0.717) is 43.9 Å². The molecule has 0 amide bonds.